The summed E-state index contributed by atoms with van der Waals surface area (Å²) in [7, 11) is 3.63. The highest BCUT2D eigenvalue weighted by molar-refractivity contribution is 9.12. The van der Waals surface area contributed by atoms with Crippen molar-refractivity contribution in [1.82, 2.24) is 15.1 Å². The SMILES string of the molecule is CCCn1ncc(OC)c1C(NC)c1cc(Br)sc1Br. The molecular formula is C13H17Br2N3OS. The third-order valence-electron chi connectivity index (χ3n) is 3.06. The Balaban J connectivity index is 2.50. The van der Waals surface area contributed by atoms with Gasteiger partial charge in [0.25, 0.3) is 0 Å². The van der Waals surface area contributed by atoms with E-state index in [0.29, 0.717) is 0 Å². The summed E-state index contributed by atoms with van der Waals surface area (Å²) >= 11 is 8.83. The molecule has 0 spiro atoms. The van der Waals surface area contributed by atoms with Gasteiger partial charge in [-0.15, -0.1) is 11.3 Å². The van der Waals surface area contributed by atoms with Crippen LogP contribution in [0.2, 0.25) is 0 Å². The van der Waals surface area contributed by atoms with Crippen LogP contribution in [0, 0.1) is 0 Å². The summed E-state index contributed by atoms with van der Waals surface area (Å²) in [6.45, 7) is 3.02. The second-order valence-electron chi connectivity index (χ2n) is 4.32. The fourth-order valence-corrected chi connectivity index (χ4v) is 5.11. The number of rotatable bonds is 6. The smallest absolute Gasteiger partial charge is 0.161 e. The molecule has 2 aromatic rings. The van der Waals surface area contributed by atoms with Crippen LogP contribution in [0.1, 0.15) is 30.6 Å². The van der Waals surface area contributed by atoms with Gasteiger partial charge in [0.05, 0.1) is 26.9 Å². The summed E-state index contributed by atoms with van der Waals surface area (Å²) in [4.78, 5) is 0. The number of nitrogens with one attached hydrogen (secondary N) is 1. The highest BCUT2D eigenvalue weighted by atomic mass is 79.9. The van der Waals surface area contributed by atoms with Crippen molar-refractivity contribution in [2.75, 3.05) is 14.2 Å². The molecule has 2 aromatic heterocycles. The third kappa shape index (κ3) is 3.10. The summed E-state index contributed by atoms with van der Waals surface area (Å²) in [5.74, 6) is 0.812. The molecule has 7 heteroatoms. The van der Waals surface area contributed by atoms with Crippen molar-refractivity contribution in [2.24, 2.45) is 0 Å². The van der Waals surface area contributed by atoms with Gasteiger partial charge in [-0.25, -0.2) is 0 Å². The molecule has 1 unspecified atom stereocenters. The van der Waals surface area contributed by atoms with Crippen LogP contribution in [0.4, 0.5) is 0 Å². The molecule has 0 fully saturated rings. The van der Waals surface area contributed by atoms with E-state index >= 15 is 0 Å². The molecular weight excluding hydrogens is 406 g/mol. The van der Waals surface area contributed by atoms with Crippen LogP contribution < -0.4 is 10.1 Å². The van der Waals surface area contributed by atoms with Crippen LogP contribution in [0.3, 0.4) is 0 Å². The van der Waals surface area contributed by atoms with Crippen LogP contribution in [0.25, 0.3) is 0 Å². The zero-order valence-corrected chi connectivity index (χ0v) is 15.6. The predicted octanol–water partition coefficient (Wildman–Crippen LogP) is 4.20. The van der Waals surface area contributed by atoms with Crippen molar-refractivity contribution in [2.45, 2.75) is 25.9 Å². The van der Waals surface area contributed by atoms with E-state index in [1.807, 2.05) is 11.7 Å². The molecule has 0 saturated carbocycles. The lowest BCUT2D eigenvalue weighted by molar-refractivity contribution is 0.400. The van der Waals surface area contributed by atoms with Gasteiger partial charge in [0, 0.05) is 12.1 Å². The first kappa shape index (κ1) is 16.0. The Morgan fingerprint density at radius 3 is 2.75 bits per heavy atom. The molecule has 0 bridgehead atoms. The summed E-state index contributed by atoms with van der Waals surface area (Å²) < 4.78 is 9.69. The standard InChI is InChI=1S/C13H17Br2N3OS/c1-4-5-18-12(9(19-3)7-17-18)11(16-2)8-6-10(14)20-13(8)15/h6-7,11,16H,4-5H2,1-3H3. The van der Waals surface area contributed by atoms with Gasteiger partial charge < -0.3 is 10.1 Å². The summed E-state index contributed by atoms with van der Waals surface area (Å²) in [5, 5.41) is 7.80. The summed E-state index contributed by atoms with van der Waals surface area (Å²) in [5.41, 5.74) is 2.24. The van der Waals surface area contributed by atoms with Gasteiger partial charge in [-0.3, -0.25) is 4.68 Å². The minimum absolute atomic E-state index is 0.0379. The lowest BCUT2D eigenvalue weighted by Gasteiger charge is -2.19. The molecule has 0 aromatic carbocycles. The van der Waals surface area contributed by atoms with Crippen molar-refractivity contribution >= 4 is 43.2 Å². The minimum atomic E-state index is 0.0379. The van der Waals surface area contributed by atoms with Crippen LogP contribution in [0.5, 0.6) is 5.75 Å². The maximum atomic E-state index is 5.48. The van der Waals surface area contributed by atoms with Crippen LogP contribution in [-0.2, 0) is 6.54 Å². The molecule has 1 N–H and O–H groups in total. The summed E-state index contributed by atoms with van der Waals surface area (Å²) in [6, 6.07) is 2.16. The molecule has 2 rings (SSSR count). The first-order valence-electron chi connectivity index (χ1n) is 6.34. The molecule has 0 saturated heterocycles. The van der Waals surface area contributed by atoms with Crippen LogP contribution >= 0.6 is 43.2 Å². The molecule has 0 amide bonds. The van der Waals surface area contributed by atoms with Crippen molar-refractivity contribution in [3.05, 3.63) is 31.1 Å². The van der Waals surface area contributed by atoms with E-state index < -0.39 is 0 Å². The van der Waals surface area contributed by atoms with Gasteiger partial charge in [0.1, 0.15) is 5.69 Å². The fourth-order valence-electron chi connectivity index (χ4n) is 2.21. The number of hydrogen-bond acceptors (Lipinski definition) is 4. The third-order valence-corrected chi connectivity index (χ3v) is 5.44. The molecule has 4 nitrogen and oxygen atoms in total. The number of aryl methyl sites for hydroxylation is 1. The average molecular weight is 423 g/mol. The lowest BCUT2D eigenvalue weighted by Crippen LogP contribution is -2.22. The highest BCUT2D eigenvalue weighted by Gasteiger charge is 2.25. The highest BCUT2D eigenvalue weighted by Crippen LogP contribution is 2.39. The largest absolute Gasteiger partial charge is 0.493 e. The first-order valence-corrected chi connectivity index (χ1v) is 8.74. The van der Waals surface area contributed by atoms with Gasteiger partial charge in [-0.05, 0) is 51.4 Å². The molecule has 0 radical (unpaired) electrons. The van der Waals surface area contributed by atoms with Gasteiger partial charge >= 0.3 is 0 Å². The minimum Gasteiger partial charge on any atom is -0.493 e. The average Bonchev–Trinajstić information content (AvgIpc) is 2.96. The number of thiophene rings is 1. The van der Waals surface area contributed by atoms with E-state index in [4.69, 9.17) is 4.74 Å². The van der Waals surface area contributed by atoms with Crippen molar-refractivity contribution in [3.63, 3.8) is 0 Å². The number of aromatic nitrogens is 2. The molecule has 1 atom stereocenters. The molecule has 0 aliphatic carbocycles. The molecule has 110 valence electrons. The Morgan fingerprint density at radius 2 is 2.25 bits per heavy atom. The Labute approximate surface area is 139 Å². The summed E-state index contributed by atoms with van der Waals surface area (Å²) in [6.07, 6.45) is 2.81. The fraction of sp³-hybridized carbons (Fsp3) is 0.462. The quantitative estimate of drug-likeness (QED) is 0.758. The Kier molecular flexibility index (Phi) is 5.65. The monoisotopic (exact) mass is 421 g/mol. The Morgan fingerprint density at radius 1 is 1.50 bits per heavy atom. The van der Waals surface area contributed by atoms with Crippen LogP contribution in [0.15, 0.2) is 19.8 Å². The predicted molar refractivity (Wildman–Crippen MR) is 89.7 cm³/mol. The van der Waals surface area contributed by atoms with E-state index in [1.165, 1.54) is 5.56 Å². The van der Waals surface area contributed by atoms with Gasteiger partial charge in [0.15, 0.2) is 5.75 Å². The number of halogens is 2. The van der Waals surface area contributed by atoms with Crippen molar-refractivity contribution < 1.29 is 4.74 Å². The van der Waals surface area contributed by atoms with E-state index in [2.05, 4.69) is 55.3 Å². The Hall–Kier alpha value is -0.370. The topological polar surface area (TPSA) is 39.1 Å². The first-order chi connectivity index (χ1) is 9.62. The molecule has 2 heterocycles. The number of nitrogens with zero attached hydrogens (tertiary/aromatic N) is 2. The van der Waals surface area contributed by atoms with E-state index in [-0.39, 0.29) is 6.04 Å². The zero-order valence-electron chi connectivity index (χ0n) is 11.6. The lowest BCUT2D eigenvalue weighted by atomic mass is 10.1. The molecule has 0 aliphatic heterocycles. The number of methoxy groups -OCH3 is 1. The number of ether oxygens (including phenoxy) is 1. The molecule has 0 aliphatic rings. The van der Waals surface area contributed by atoms with Crippen LogP contribution in [-0.4, -0.2) is 23.9 Å². The van der Waals surface area contributed by atoms with E-state index in [9.17, 15) is 0 Å². The molecule has 20 heavy (non-hydrogen) atoms. The maximum Gasteiger partial charge on any atom is 0.161 e. The second kappa shape index (κ2) is 7.06. The van der Waals surface area contributed by atoms with Crippen molar-refractivity contribution in [3.8, 4) is 5.75 Å². The maximum absolute atomic E-state index is 5.48. The Bertz CT molecular complexity index is 582. The van der Waals surface area contributed by atoms with E-state index in [0.717, 1.165) is 32.0 Å². The van der Waals surface area contributed by atoms with Gasteiger partial charge in [-0.1, -0.05) is 6.92 Å². The second-order valence-corrected chi connectivity index (χ2v) is 8.07. The van der Waals surface area contributed by atoms with E-state index in [1.54, 1.807) is 24.6 Å². The van der Waals surface area contributed by atoms with Crippen molar-refractivity contribution in [1.29, 1.82) is 0 Å². The van der Waals surface area contributed by atoms with Gasteiger partial charge in [-0.2, -0.15) is 5.10 Å². The number of hydrogen-bond donors (Lipinski definition) is 1. The zero-order chi connectivity index (χ0) is 14.7. The normalized spacial score (nSPS) is 12.7. The van der Waals surface area contributed by atoms with Gasteiger partial charge in [0.2, 0.25) is 0 Å².